The normalized spacial score (nSPS) is 11.2. The topological polar surface area (TPSA) is 84.2 Å². The van der Waals surface area contributed by atoms with E-state index in [0.29, 0.717) is 11.4 Å². The molecule has 0 heterocycles. The van der Waals surface area contributed by atoms with E-state index >= 15 is 0 Å². The van der Waals surface area contributed by atoms with Crippen LogP contribution in [-0.2, 0) is 10.0 Å². The van der Waals surface area contributed by atoms with E-state index in [2.05, 4.69) is 41.9 Å². The standard InChI is InChI=1S/C13H13Br2N3O2S/c1-17-13-11(14)6-9(7-12(13)15)18-21(19,20)10-4-2-8(16)3-5-10/h2-7,17-18H,16H2,1H3. The van der Waals surface area contributed by atoms with E-state index in [-0.39, 0.29) is 4.90 Å². The molecule has 2 aromatic carbocycles. The molecule has 0 bridgehead atoms. The molecule has 0 amide bonds. The van der Waals surface area contributed by atoms with Gasteiger partial charge in [0, 0.05) is 21.7 Å². The summed E-state index contributed by atoms with van der Waals surface area (Å²) in [5.41, 5.74) is 7.36. The van der Waals surface area contributed by atoms with Crippen LogP contribution in [0.25, 0.3) is 0 Å². The third-order valence-corrected chi connectivity index (χ3v) is 5.38. The van der Waals surface area contributed by atoms with Crippen molar-refractivity contribution in [3.05, 3.63) is 45.3 Å². The SMILES string of the molecule is CNc1c(Br)cc(NS(=O)(=O)c2ccc(N)cc2)cc1Br. The molecule has 0 saturated heterocycles. The Balaban J connectivity index is 2.35. The second-order valence-corrected chi connectivity index (χ2v) is 7.63. The Morgan fingerprint density at radius 3 is 2.05 bits per heavy atom. The van der Waals surface area contributed by atoms with Gasteiger partial charge in [0.05, 0.1) is 16.3 Å². The lowest BCUT2D eigenvalue weighted by Gasteiger charge is -2.12. The predicted octanol–water partition coefficient (Wildman–Crippen LogP) is 3.64. The van der Waals surface area contributed by atoms with Crippen LogP contribution < -0.4 is 15.8 Å². The fourth-order valence-electron chi connectivity index (χ4n) is 1.73. The maximum Gasteiger partial charge on any atom is 0.261 e. The number of nitrogens with one attached hydrogen (secondary N) is 2. The van der Waals surface area contributed by atoms with Crippen molar-refractivity contribution in [3.63, 3.8) is 0 Å². The summed E-state index contributed by atoms with van der Waals surface area (Å²) in [7, 11) is -1.87. The highest BCUT2D eigenvalue weighted by Gasteiger charge is 2.15. The third-order valence-electron chi connectivity index (χ3n) is 2.73. The minimum Gasteiger partial charge on any atom is -0.399 e. The zero-order chi connectivity index (χ0) is 15.6. The lowest BCUT2D eigenvalue weighted by molar-refractivity contribution is 0.601. The van der Waals surface area contributed by atoms with Crippen molar-refractivity contribution in [2.45, 2.75) is 4.90 Å². The minimum absolute atomic E-state index is 0.154. The molecule has 0 atom stereocenters. The number of sulfonamides is 1. The fraction of sp³-hybridized carbons (Fsp3) is 0.0769. The first-order valence-electron chi connectivity index (χ1n) is 5.88. The Labute approximate surface area is 140 Å². The number of rotatable bonds is 4. The van der Waals surface area contributed by atoms with Crippen LogP contribution in [0.1, 0.15) is 0 Å². The first kappa shape index (κ1) is 16.1. The molecule has 21 heavy (non-hydrogen) atoms. The summed E-state index contributed by atoms with van der Waals surface area (Å²) in [6.07, 6.45) is 0. The summed E-state index contributed by atoms with van der Waals surface area (Å²) in [6.45, 7) is 0. The van der Waals surface area contributed by atoms with Gasteiger partial charge < -0.3 is 11.1 Å². The van der Waals surface area contributed by atoms with Crippen molar-refractivity contribution >= 4 is 58.9 Å². The highest BCUT2D eigenvalue weighted by molar-refractivity contribution is 9.11. The molecule has 0 saturated carbocycles. The third kappa shape index (κ3) is 3.69. The average Bonchev–Trinajstić information content (AvgIpc) is 2.38. The van der Waals surface area contributed by atoms with E-state index in [1.807, 2.05) is 0 Å². The van der Waals surface area contributed by atoms with E-state index in [0.717, 1.165) is 14.6 Å². The largest absolute Gasteiger partial charge is 0.399 e. The molecule has 0 aliphatic carbocycles. The van der Waals surface area contributed by atoms with Crippen molar-refractivity contribution in [3.8, 4) is 0 Å². The molecule has 0 spiro atoms. The van der Waals surface area contributed by atoms with E-state index in [9.17, 15) is 8.42 Å². The average molecular weight is 435 g/mol. The molecular formula is C13H13Br2N3O2S. The Hall–Kier alpha value is -1.25. The number of halogens is 2. The van der Waals surface area contributed by atoms with Crippen LogP contribution in [-0.4, -0.2) is 15.5 Å². The maximum absolute atomic E-state index is 12.3. The van der Waals surface area contributed by atoms with Crippen LogP contribution in [0.4, 0.5) is 17.1 Å². The second kappa shape index (κ2) is 6.25. The monoisotopic (exact) mass is 433 g/mol. The molecule has 112 valence electrons. The predicted molar refractivity (Wildman–Crippen MR) is 93.1 cm³/mol. The molecule has 0 unspecified atom stereocenters. The first-order chi connectivity index (χ1) is 9.83. The molecular weight excluding hydrogens is 422 g/mol. The zero-order valence-electron chi connectivity index (χ0n) is 11.0. The lowest BCUT2D eigenvalue weighted by Crippen LogP contribution is -2.13. The maximum atomic E-state index is 12.3. The number of hydrogen-bond donors (Lipinski definition) is 3. The Morgan fingerprint density at radius 2 is 1.57 bits per heavy atom. The van der Waals surface area contributed by atoms with Gasteiger partial charge in [0.2, 0.25) is 0 Å². The van der Waals surface area contributed by atoms with Gasteiger partial charge in [-0.15, -0.1) is 0 Å². The highest BCUT2D eigenvalue weighted by atomic mass is 79.9. The van der Waals surface area contributed by atoms with Gasteiger partial charge in [0.25, 0.3) is 10.0 Å². The minimum atomic E-state index is -3.65. The number of anilines is 3. The molecule has 8 heteroatoms. The quantitative estimate of drug-likeness (QED) is 0.641. The van der Waals surface area contributed by atoms with Crippen molar-refractivity contribution in [1.82, 2.24) is 0 Å². The summed E-state index contributed by atoms with van der Waals surface area (Å²) in [5.74, 6) is 0. The van der Waals surface area contributed by atoms with Gasteiger partial charge >= 0.3 is 0 Å². The Bertz CT molecular complexity index is 738. The number of nitrogens with two attached hydrogens (primary N) is 1. The van der Waals surface area contributed by atoms with Crippen LogP contribution in [0.15, 0.2) is 50.2 Å². The van der Waals surface area contributed by atoms with Crippen LogP contribution in [0.5, 0.6) is 0 Å². The van der Waals surface area contributed by atoms with Crippen molar-refractivity contribution < 1.29 is 8.42 Å². The summed E-state index contributed by atoms with van der Waals surface area (Å²) in [5, 5.41) is 3.01. The van der Waals surface area contributed by atoms with E-state index in [1.165, 1.54) is 12.1 Å². The van der Waals surface area contributed by atoms with Crippen molar-refractivity contribution in [1.29, 1.82) is 0 Å². The molecule has 0 radical (unpaired) electrons. The van der Waals surface area contributed by atoms with Crippen molar-refractivity contribution in [2.75, 3.05) is 22.8 Å². The van der Waals surface area contributed by atoms with Crippen molar-refractivity contribution in [2.24, 2.45) is 0 Å². The van der Waals surface area contributed by atoms with Gasteiger partial charge in [-0.3, -0.25) is 4.72 Å². The molecule has 0 fully saturated rings. The molecule has 0 aliphatic rings. The highest BCUT2D eigenvalue weighted by Crippen LogP contribution is 2.34. The van der Waals surface area contributed by atoms with Crippen LogP contribution in [0, 0.1) is 0 Å². The molecule has 2 aromatic rings. The molecule has 5 nitrogen and oxygen atoms in total. The smallest absolute Gasteiger partial charge is 0.261 e. The van der Waals surface area contributed by atoms with Gasteiger partial charge in [0.15, 0.2) is 0 Å². The molecule has 4 N–H and O–H groups in total. The van der Waals surface area contributed by atoms with E-state index < -0.39 is 10.0 Å². The number of hydrogen-bond acceptors (Lipinski definition) is 4. The lowest BCUT2D eigenvalue weighted by atomic mass is 10.3. The Kier molecular flexibility index (Phi) is 4.80. The van der Waals surface area contributed by atoms with Gasteiger partial charge in [-0.05, 0) is 68.3 Å². The molecule has 2 rings (SSSR count). The van der Waals surface area contributed by atoms with E-state index in [4.69, 9.17) is 5.73 Å². The first-order valence-corrected chi connectivity index (χ1v) is 8.95. The summed E-state index contributed by atoms with van der Waals surface area (Å²) in [6, 6.07) is 9.39. The van der Waals surface area contributed by atoms with Gasteiger partial charge in [-0.1, -0.05) is 0 Å². The fourth-order valence-corrected chi connectivity index (χ4v) is 4.36. The van der Waals surface area contributed by atoms with Gasteiger partial charge in [0.1, 0.15) is 0 Å². The van der Waals surface area contributed by atoms with Gasteiger partial charge in [-0.2, -0.15) is 0 Å². The summed E-state index contributed by atoms with van der Waals surface area (Å²) >= 11 is 6.78. The summed E-state index contributed by atoms with van der Waals surface area (Å²) in [4.78, 5) is 0.154. The van der Waals surface area contributed by atoms with E-state index in [1.54, 1.807) is 31.3 Å². The molecule has 0 aromatic heterocycles. The Morgan fingerprint density at radius 1 is 1.05 bits per heavy atom. The van der Waals surface area contributed by atoms with Gasteiger partial charge in [-0.25, -0.2) is 8.42 Å². The van der Waals surface area contributed by atoms with Crippen LogP contribution in [0.2, 0.25) is 0 Å². The molecule has 0 aliphatic heterocycles. The second-order valence-electron chi connectivity index (χ2n) is 4.24. The number of benzene rings is 2. The zero-order valence-corrected chi connectivity index (χ0v) is 15.0. The van der Waals surface area contributed by atoms with Crippen LogP contribution in [0.3, 0.4) is 0 Å². The number of nitrogen functional groups attached to an aromatic ring is 1. The van der Waals surface area contributed by atoms with Crippen LogP contribution >= 0.6 is 31.9 Å². The summed E-state index contributed by atoms with van der Waals surface area (Å²) < 4.78 is 28.6.